The van der Waals surface area contributed by atoms with Crippen molar-refractivity contribution in [3.05, 3.63) is 58.7 Å². The summed E-state index contributed by atoms with van der Waals surface area (Å²) >= 11 is 0. The highest BCUT2D eigenvalue weighted by Crippen LogP contribution is 2.24. The van der Waals surface area contributed by atoms with Crippen molar-refractivity contribution < 1.29 is 9.47 Å². The van der Waals surface area contributed by atoms with Crippen molar-refractivity contribution in [2.75, 3.05) is 13.7 Å². The van der Waals surface area contributed by atoms with Crippen LogP contribution in [-0.4, -0.2) is 13.7 Å². The van der Waals surface area contributed by atoms with E-state index in [0.717, 1.165) is 11.5 Å². The monoisotopic (exact) mass is 285 g/mol. The normalized spacial score (nSPS) is 12.0. The van der Waals surface area contributed by atoms with Crippen LogP contribution in [0.25, 0.3) is 0 Å². The molecule has 0 aliphatic heterocycles. The average Bonchev–Trinajstić information content (AvgIpc) is 2.44. The van der Waals surface area contributed by atoms with E-state index < -0.39 is 0 Å². The predicted octanol–water partition coefficient (Wildman–Crippen LogP) is 3.70. The first-order valence-electron chi connectivity index (χ1n) is 7.11. The minimum Gasteiger partial charge on any atom is -0.497 e. The summed E-state index contributed by atoms with van der Waals surface area (Å²) in [5.41, 5.74) is 11.2. The minimum atomic E-state index is -0.132. The summed E-state index contributed by atoms with van der Waals surface area (Å²) in [6, 6.07) is 11.7. The van der Waals surface area contributed by atoms with Crippen LogP contribution < -0.4 is 15.2 Å². The average molecular weight is 285 g/mol. The summed E-state index contributed by atoms with van der Waals surface area (Å²) in [5, 5.41) is 0. The molecule has 2 aromatic carbocycles. The molecule has 1 atom stereocenters. The van der Waals surface area contributed by atoms with E-state index in [2.05, 4.69) is 32.9 Å². The molecular weight excluding hydrogens is 262 g/mol. The summed E-state index contributed by atoms with van der Waals surface area (Å²) in [5.74, 6) is 1.62. The highest BCUT2D eigenvalue weighted by Gasteiger charge is 2.13. The fourth-order valence-corrected chi connectivity index (χ4v) is 2.72. The highest BCUT2D eigenvalue weighted by atomic mass is 16.5. The molecule has 21 heavy (non-hydrogen) atoms. The summed E-state index contributed by atoms with van der Waals surface area (Å²) in [4.78, 5) is 0. The van der Waals surface area contributed by atoms with Gasteiger partial charge in [-0.05, 0) is 61.7 Å². The van der Waals surface area contributed by atoms with Gasteiger partial charge in [0.2, 0.25) is 0 Å². The van der Waals surface area contributed by atoms with Gasteiger partial charge in [-0.15, -0.1) is 0 Å². The Morgan fingerprint density at radius 3 is 2.00 bits per heavy atom. The smallest absolute Gasteiger partial charge is 0.119 e. The number of hydrogen-bond acceptors (Lipinski definition) is 3. The third-order valence-corrected chi connectivity index (χ3v) is 3.60. The zero-order valence-corrected chi connectivity index (χ0v) is 13.1. The lowest BCUT2D eigenvalue weighted by molar-refractivity contribution is 0.289. The van der Waals surface area contributed by atoms with Crippen LogP contribution in [0, 0.1) is 20.8 Å². The molecule has 0 bridgehead atoms. The zero-order chi connectivity index (χ0) is 15.4. The Bertz CT molecular complexity index is 582. The Balaban J connectivity index is 2.06. The second kappa shape index (κ2) is 6.64. The van der Waals surface area contributed by atoms with E-state index in [4.69, 9.17) is 15.2 Å². The summed E-state index contributed by atoms with van der Waals surface area (Å²) < 4.78 is 10.9. The third-order valence-electron chi connectivity index (χ3n) is 3.60. The molecule has 1 unspecified atom stereocenters. The first-order chi connectivity index (χ1) is 10.0. The van der Waals surface area contributed by atoms with Crippen LogP contribution in [0.4, 0.5) is 0 Å². The Hall–Kier alpha value is -2.00. The topological polar surface area (TPSA) is 44.5 Å². The minimum absolute atomic E-state index is 0.132. The van der Waals surface area contributed by atoms with E-state index in [1.165, 1.54) is 22.3 Å². The van der Waals surface area contributed by atoms with Crippen LogP contribution >= 0.6 is 0 Å². The van der Waals surface area contributed by atoms with E-state index in [1.54, 1.807) is 7.11 Å². The van der Waals surface area contributed by atoms with Crippen molar-refractivity contribution in [3.63, 3.8) is 0 Å². The molecule has 3 nitrogen and oxygen atoms in total. The van der Waals surface area contributed by atoms with E-state index >= 15 is 0 Å². The second-order valence-corrected chi connectivity index (χ2v) is 5.41. The van der Waals surface area contributed by atoms with Crippen molar-refractivity contribution in [2.24, 2.45) is 5.73 Å². The molecule has 0 fully saturated rings. The summed E-state index contributed by atoms with van der Waals surface area (Å²) in [7, 11) is 1.65. The Morgan fingerprint density at radius 1 is 0.952 bits per heavy atom. The van der Waals surface area contributed by atoms with Gasteiger partial charge in [-0.1, -0.05) is 17.7 Å². The van der Waals surface area contributed by atoms with E-state index in [0.29, 0.717) is 6.61 Å². The molecule has 2 aromatic rings. The molecular formula is C18H23NO2. The molecule has 0 heterocycles. The van der Waals surface area contributed by atoms with Gasteiger partial charge in [-0.3, -0.25) is 0 Å². The summed E-state index contributed by atoms with van der Waals surface area (Å²) in [6.07, 6.45) is 0. The van der Waals surface area contributed by atoms with E-state index in [-0.39, 0.29) is 6.04 Å². The van der Waals surface area contributed by atoms with Gasteiger partial charge in [0.1, 0.15) is 18.1 Å². The molecule has 0 saturated heterocycles. The van der Waals surface area contributed by atoms with Gasteiger partial charge in [-0.2, -0.15) is 0 Å². The largest absolute Gasteiger partial charge is 0.497 e. The Kier molecular flexibility index (Phi) is 4.86. The Labute approximate surface area is 126 Å². The molecule has 2 N–H and O–H groups in total. The number of hydrogen-bond donors (Lipinski definition) is 1. The lowest BCUT2D eigenvalue weighted by Crippen LogP contribution is -2.21. The SMILES string of the molecule is COc1ccc(OCC(N)c2c(C)cc(C)cc2C)cc1. The van der Waals surface area contributed by atoms with Gasteiger partial charge in [0.25, 0.3) is 0 Å². The molecule has 0 aliphatic carbocycles. The standard InChI is InChI=1S/C18H23NO2/c1-12-9-13(2)18(14(3)10-12)17(19)11-21-16-7-5-15(20-4)6-8-16/h5-10,17H,11,19H2,1-4H3. The van der Waals surface area contributed by atoms with Gasteiger partial charge in [0.15, 0.2) is 0 Å². The molecule has 0 aromatic heterocycles. The van der Waals surface area contributed by atoms with Crippen LogP contribution in [0.2, 0.25) is 0 Å². The van der Waals surface area contributed by atoms with Crippen molar-refractivity contribution in [2.45, 2.75) is 26.8 Å². The van der Waals surface area contributed by atoms with Crippen LogP contribution in [-0.2, 0) is 0 Å². The number of rotatable bonds is 5. The Morgan fingerprint density at radius 2 is 1.48 bits per heavy atom. The number of aryl methyl sites for hydroxylation is 3. The first kappa shape index (κ1) is 15.4. The lowest BCUT2D eigenvalue weighted by atomic mass is 9.95. The van der Waals surface area contributed by atoms with E-state index in [1.807, 2.05) is 24.3 Å². The van der Waals surface area contributed by atoms with Crippen LogP contribution in [0.1, 0.15) is 28.3 Å². The maximum absolute atomic E-state index is 6.30. The number of methoxy groups -OCH3 is 1. The molecule has 0 aliphatic rings. The zero-order valence-electron chi connectivity index (χ0n) is 13.1. The molecule has 0 spiro atoms. The fraction of sp³-hybridized carbons (Fsp3) is 0.333. The van der Waals surface area contributed by atoms with Gasteiger partial charge in [0, 0.05) is 0 Å². The van der Waals surface area contributed by atoms with Crippen LogP contribution in [0.5, 0.6) is 11.5 Å². The molecule has 0 saturated carbocycles. The fourth-order valence-electron chi connectivity index (χ4n) is 2.72. The first-order valence-corrected chi connectivity index (χ1v) is 7.11. The molecule has 112 valence electrons. The van der Waals surface area contributed by atoms with Crippen molar-refractivity contribution in [3.8, 4) is 11.5 Å². The third kappa shape index (κ3) is 3.76. The predicted molar refractivity (Wildman–Crippen MR) is 86.1 cm³/mol. The maximum atomic E-state index is 6.30. The maximum Gasteiger partial charge on any atom is 0.119 e. The van der Waals surface area contributed by atoms with Crippen LogP contribution in [0.3, 0.4) is 0 Å². The number of ether oxygens (including phenoxy) is 2. The van der Waals surface area contributed by atoms with Crippen molar-refractivity contribution in [1.29, 1.82) is 0 Å². The van der Waals surface area contributed by atoms with Gasteiger partial charge >= 0.3 is 0 Å². The van der Waals surface area contributed by atoms with E-state index in [9.17, 15) is 0 Å². The van der Waals surface area contributed by atoms with Crippen molar-refractivity contribution >= 4 is 0 Å². The number of nitrogens with two attached hydrogens (primary N) is 1. The quantitative estimate of drug-likeness (QED) is 0.911. The lowest BCUT2D eigenvalue weighted by Gasteiger charge is -2.19. The van der Waals surface area contributed by atoms with Gasteiger partial charge < -0.3 is 15.2 Å². The summed E-state index contributed by atoms with van der Waals surface area (Å²) in [6.45, 7) is 6.76. The van der Waals surface area contributed by atoms with Crippen molar-refractivity contribution in [1.82, 2.24) is 0 Å². The molecule has 2 rings (SSSR count). The second-order valence-electron chi connectivity index (χ2n) is 5.41. The highest BCUT2D eigenvalue weighted by molar-refractivity contribution is 5.39. The molecule has 3 heteroatoms. The molecule has 0 radical (unpaired) electrons. The number of benzene rings is 2. The van der Waals surface area contributed by atoms with Gasteiger partial charge in [0.05, 0.1) is 13.2 Å². The van der Waals surface area contributed by atoms with Crippen LogP contribution in [0.15, 0.2) is 36.4 Å². The van der Waals surface area contributed by atoms with Gasteiger partial charge in [-0.25, -0.2) is 0 Å². The molecule has 0 amide bonds.